The third-order valence-corrected chi connectivity index (χ3v) is 4.60. The number of carboxylic acids is 1. The summed E-state index contributed by atoms with van der Waals surface area (Å²) in [5.74, 6) is 0.0479. The van der Waals surface area contributed by atoms with Gasteiger partial charge in [0, 0.05) is 6.04 Å². The third-order valence-electron chi connectivity index (χ3n) is 4.60. The molecule has 2 N–H and O–H groups in total. The van der Waals surface area contributed by atoms with Crippen LogP contribution in [-0.4, -0.2) is 23.2 Å². The highest BCUT2D eigenvalue weighted by molar-refractivity contribution is 5.72. The predicted molar refractivity (Wildman–Crippen MR) is 70.1 cm³/mol. The van der Waals surface area contributed by atoms with E-state index < -0.39 is 12.0 Å². The number of carbonyl (C=O) groups is 1. The molecule has 0 spiro atoms. The summed E-state index contributed by atoms with van der Waals surface area (Å²) in [6, 6.07) is -0.0271. The molecule has 17 heavy (non-hydrogen) atoms. The number of hydrogen-bond acceptors (Lipinski definition) is 2. The van der Waals surface area contributed by atoms with Crippen molar-refractivity contribution in [1.82, 2.24) is 5.32 Å². The Labute approximate surface area is 105 Å². The lowest BCUT2D eigenvalue weighted by atomic mass is 9.69. The van der Waals surface area contributed by atoms with Crippen LogP contribution in [0.15, 0.2) is 0 Å². The Balaban J connectivity index is 2.38. The van der Waals surface area contributed by atoms with E-state index in [9.17, 15) is 4.79 Å². The zero-order valence-electron chi connectivity index (χ0n) is 11.6. The molecular formula is C14H27NO2. The van der Waals surface area contributed by atoms with Crippen LogP contribution in [0.2, 0.25) is 0 Å². The smallest absolute Gasteiger partial charge is 0.320 e. The first kappa shape index (κ1) is 14.5. The van der Waals surface area contributed by atoms with E-state index in [0.717, 1.165) is 18.8 Å². The highest BCUT2D eigenvalue weighted by Gasteiger charge is 2.32. The van der Waals surface area contributed by atoms with Crippen LogP contribution in [0.4, 0.5) is 0 Å². The summed E-state index contributed by atoms with van der Waals surface area (Å²) in [6.07, 6.45) is 5.91. The van der Waals surface area contributed by atoms with Gasteiger partial charge in [0.25, 0.3) is 0 Å². The van der Waals surface area contributed by atoms with Crippen LogP contribution in [-0.2, 0) is 4.79 Å². The van der Waals surface area contributed by atoms with Crippen LogP contribution < -0.4 is 5.32 Å². The summed E-state index contributed by atoms with van der Waals surface area (Å²) in [7, 11) is 0. The summed E-state index contributed by atoms with van der Waals surface area (Å²) < 4.78 is 0. The van der Waals surface area contributed by atoms with Gasteiger partial charge in [0.15, 0.2) is 0 Å². The average Bonchev–Trinajstić information content (AvgIpc) is 2.29. The average molecular weight is 241 g/mol. The fourth-order valence-electron chi connectivity index (χ4n) is 2.76. The second-order valence-electron chi connectivity index (χ2n) is 6.12. The molecule has 1 fully saturated rings. The van der Waals surface area contributed by atoms with Crippen LogP contribution in [0.1, 0.15) is 59.8 Å². The van der Waals surface area contributed by atoms with Gasteiger partial charge in [0.05, 0.1) is 0 Å². The minimum absolute atomic E-state index is 0.394. The van der Waals surface area contributed by atoms with Crippen molar-refractivity contribution in [2.24, 2.45) is 11.3 Å². The van der Waals surface area contributed by atoms with Gasteiger partial charge in [-0.15, -0.1) is 0 Å². The van der Waals surface area contributed by atoms with Crippen molar-refractivity contribution in [2.45, 2.75) is 71.9 Å². The molecule has 1 unspecified atom stereocenters. The maximum Gasteiger partial charge on any atom is 0.320 e. The van der Waals surface area contributed by atoms with Crippen molar-refractivity contribution in [2.75, 3.05) is 0 Å². The fraction of sp³-hybridized carbons (Fsp3) is 0.929. The van der Waals surface area contributed by atoms with Crippen LogP contribution in [0.5, 0.6) is 0 Å². The maximum absolute atomic E-state index is 10.8. The van der Waals surface area contributed by atoms with Crippen molar-refractivity contribution in [3.05, 3.63) is 0 Å². The van der Waals surface area contributed by atoms with E-state index in [0.29, 0.717) is 11.5 Å². The molecule has 1 atom stereocenters. The van der Waals surface area contributed by atoms with Crippen LogP contribution in [0.3, 0.4) is 0 Å². The molecule has 0 aromatic rings. The van der Waals surface area contributed by atoms with Crippen molar-refractivity contribution >= 4 is 5.97 Å². The SMILES string of the molecule is CCC(C)(C)C1CCC(NC(C)C(=O)O)CC1. The monoisotopic (exact) mass is 241 g/mol. The second-order valence-corrected chi connectivity index (χ2v) is 6.12. The molecule has 0 heterocycles. The molecule has 0 aliphatic heterocycles. The Morgan fingerprint density at radius 2 is 1.88 bits per heavy atom. The summed E-state index contributed by atoms with van der Waals surface area (Å²) in [5.41, 5.74) is 0.434. The standard InChI is InChI=1S/C14H27NO2/c1-5-14(3,4)11-6-8-12(9-7-11)15-10(2)13(16)17/h10-12,15H,5-9H2,1-4H3,(H,16,17). The van der Waals surface area contributed by atoms with Gasteiger partial charge in [-0.25, -0.2) is 0 Å². The maximum atomic E-state index is 10.8. The van der Waals surface area contributed by atoms with E-state index in [1.165, 1.54) is 19.3 Å². The molecule has 3 heteroatoms. The van der Waals surface area contributed by atoms with Gasteiger partial charge in [0.1, 0.15) is 6.04 Å². The van der Waals surface area contributed by atoms with Gasteiger partial charge in [-0.2, -0.15) is 0 Å². The lowest BCUT2D eigenvalue weighted by Crippen LogP contribution is -2.44. The van der Waals surface area contributed by atoms with Gasteiger partial charge >= 0.3 is 5.97 Å². The van der Waals surface area contributed by atoms with Crippen LogP contribution in [0.25, 0.3) is 0 Å². The van der Waals surface area contributed by atoms with E-state index in [1.807, 2.05) is 0 Å². The molecule has 1 rings (SSSR count). The number of hydrogen-bond donors (Lipinski definition) is 2. The van der Waals surface area contributed by atoms with Gasteiger partial charge in [-0.3, -0.25) is 4.79 Å². The molecule has 100 valence electrons. The topological polar surface area (TPSA) is 49.3 Å². The highest BCUT2D eigenvalue weighted by atomic mass is 16.4. The zero-order chi connectivity index (χ0) is 13.1. The Hall–Kier alpha value is -0.570. The number of aliphatic carboxylic acids is 1. The molecule has 1 saturated carbocycles. The number of rotatable bonds is 5. The predicted octanol–water partition coefficient (Wildman–Crippen LogP) is 3.04. The zero-order valence-corrected chi connectivity index (χ0v) is 11.6. The normalized spacial score (nSPS) is 27.8. The molecule has 0 saturated heterocycles. The second kappa shape index (κ2) is 5.85. The van der Waals surface area contributed by atoms with Gasteiger partial charge in [-0.1, -0.05) is 27.2 Å². The molecule has 0 aromatic heterocycles. The van der Waals surface area contributed by atoms with E-state index in [2.05, 4.69) is 26.1 Å². The van der Waals surface area contributed by atoms with Crippen molar-refractivity contribution in [3.63, 3.8) is 0 Å². The Bertz CT molecular complexity index is 255. The molecule has 3 nitrogen and oxygen atoms in total. The molecule has 0 radical (unpaired) electrons. The van der Waals surface area contributed by atoms with E-state index in [-0.39, 0.29) is 0 Å². The molecule has 1 aliphatic rings. The van der Waals surface area contributed by atoms with E-state index in [1.54, 1.807) is 6.92 Å². The van der Waals surface area contributed by atoms with Crippen LogP contribution in [0, 0.1) is 11.3 Å². The Morgan fingerprint density at radius 1 is 1.35 bits per heavy atom. The summed E-state index contributed by atoms with van der Waals surface area (Å²) >= 11 is 0. The summed E-state index contributed by atoms with van der Waals surface area (Å²) in [6.45, 7) is 8.69. The highest BCUT2D eigenvalue weighted by Crippen LogP contribution is 2.40. The van der Waals surface area contributed by atoms with Gasteiger partial charge in [0.2, 0.25) is 0 Å². The lowest BCUT2D eigenvalue weighted by Gasteiger charge is -2.39. The van der Waals surface area contributed by atoms with Crippen molar-refractivity contribution < 1.29 is 9.90 Å². The van der Waals surface area contributed by atoms with Gasteiger partial charge < -0.3 is 10.4 Å². The summed E-state index contributed by atoms with van der Waals surface area (Å²) in [4.78, 5) is 10.8. The lowest BCUT2D eigenvalue weighted by molar-refractivity contribution is -0.139. The minimum atomic E-state index is -0.749. The van der Waals surface area contributed by atoms with E-state index >= 15 is 0 Å². The van der Waals surface area contributed by atoms with Crippen molar-refractivity contribution in [3.8, 4) is 0 Å². The van der Waals surface area contributed by atoms with Crippen LogP contribution >= 0.6 is 0 Å². The Morgan fingerprint density at radius 3 is 2.29 bits per heavy atom. The number of carboxylic acid groups (broad SMARTS) is 1. The first-order chi connectivity index (χ1) is 7.86. The molecule has 0 bridgehead atoms. The molecule has 0 aromatic carbocycles. The molecular weight excluding hydrogens is 214 g/mol. The minimum Gasteiger partial charge on any atom is -0.480 e. The van der Waals surface area contributed by atoms with Crippen molar-refractivity contribution in [1.29, 1.82) is 0 Å². The molecule has 1 aliphatic carbocycles. The quantitative estimate of drug-likeness (QED) is 0.778. The molecule has 0 amide bonds. The van der Waals surface area contributed by atoms with E-state index in [4.69, 9.17) is 5.11 Å². The largest absolute Gasteiger partial charge is 0.480 e. The first-order valence-electron chi connectivity index (χ1n) is 6.85. The fourth-order valence-corrected chi connectivity index (χ4v) is 2.76. The number of nitrogens with one attached hydrogen (secondary N) is 1. The van der Waals surface area contributed by atoms with Gasteiger partial charge in [-0.05, 0) is 43.9 Å². The Kier molecular flexibility index (Phi) is 4.99. The first-order valence-corrected chi connectivity index (χ1v) is 6.85. The third kappa shape index (κ3) is 3.98. The summed E-state index contributed by atoms with van der Waals surface area (Å²) in [5, 5.41) is 12.1.